The van der Waals surface area contributed by atoms with Crippen molar-refractivity contribution in [1.29, 1.82) is 0 Å². The molecular weight excluding hydrogens is 478 g/mol. The van der Waals surface area contributed by atoms with Gasteiger partial charge >= 0.3 is 26.2 Å². The van der Waals surface area contributed by atoms with Gasteiger partial charge in [-0.15, -0.1) is 0 Å². The first-order valence-electron chi connectivity index (χ1n) is 12.5. The quantitative estimate of drug-likeness (QED) is 0.0602. The average Bonchev–Trinajstić information content (AvgIpc) is 2.84. The zero-order valence-corrected chi connectivity index (χ0v) is 24.0. The highest BCUT2D eigenvalue weighted by atomic mass is 31.2. The van der Waals surface area contributed by atoms with Crippen LogP contribution in [0.4, 0.5) is 0 Å². The Labute approximate surface area is 207 Å². The zero-order chi connectivity index (χ0) is 25.9. The second-order valence-electron chi connectivity index (χ2n) is 8.47. The van der Waals surface area contributed by atoms with Crippen LogP contribution in [-0.4, -0.2) is 39.5 Å². The fourth-order valence-electron chi connectivity index (χ4n) is 3.70. The summed E-state index contributed by atoms with van der Waals surface area (Å²) in [6, 6.07) is 0. The van der Waals surface area contributed by atoms with Gasteiger partial charge in [-0.2, -0.15) is 0 Å². The number of ether oxygens (including phenoxy) is 1. The van der Waals surface area contributed by atoms with Crippen LogP contribution < -0.4 is 0 Å². The fraction of sp³-hybridized carbons (Fsp3) is 0.875. The second kappa shape index (κ2) is 18.7. The van der Waals surface area contributed by atoms with Crippen LogP contribution in [0.3, 0.4) is 0 Å². The van der Waals surface area contributed by atoms with E-state index in [4.69, 9.17) is 22.8 Å². The monoisotopic (exact) mass is 526 g/mol. The molecule has 0 unspecified atom stereocenters. The molecule has 10 heteroatoms. The summed E-state index contributed by atoms with van der Waals surface area (Å²) < 4.78 is 51.2. The Balaban J connectivity index is 4.26. The van der Waals surface area contributed by atoms with Crippen LogP contribution in [0.25, 0.3) is 0 Å². The first-order valence-corrected chi connectivity index (χ1v) is 15.6. The Hall–Kier alpha value is -0.490. The molecule has 202 valence electrons. The van der Waals surface area contributed by atoms with Crippen molar-refractivity contribution in [2.45, 2.75) is 109 Å². The lowest BCUT2D eigenvalue weighted by Crippen LogP contribution is -2.34. The molecule has 0 N–H and O–H groups in total. The Morgan fingerprint density at radius 1 is 0.676 bits per heavy atom. The van der Waals surface area contributed by atoms with Gasteiger partial charge in [0.15, 0.2) is 0 Å². The van der Waals surface area contributed by atoms with Gasteiger partial charge < -0.3 is 22.8 Å². The number of esters is 1. The van der Waals surface area contributed by atoms with Crippen molar-refractivity contribution in [2.24, 2.45) is 0 Å². The van der Waals surface area contributed by atoms with E-state index in [0.29, 0.717) is 6.42 Å². The Morgan fingerprint density at radius 2 is 1.06 bits per heavy atom. The average molecular weight is 527 g/mol. The molecule has 0 saturated carbocycles. The van der Waals surface area contributed by atoms with E-state index < -0.39 is 26.2 Å². The van der Waals surface area contributed by atoms with E-state index in [-0.39, 0.29) is 6.42 Å². The van der Waals surface area contributed by atoms with E-state index in [1.54, 1.807) is 0 Å². The van der Waals surface area contributed by atoms with Gasteiger partial charge in [0.05, 0.1) is 0 Å². The summed E-state index contributed by atoms with van der Waals surface area (Å²) in [7, 11) is -3.81. The van der Waals surface area contributed by atoms with Crippen molar-refractivity contribution in [2.75, 3.05) is 28.4 Å². The molecule has 0 saturated heterocycles. The predicted molar refractivity (Wildman–Crippen MR) is 137 cm³/mol. The number of hydrogen-bond donors (Lipinski definition) is 0. The minimum atomic E-state index is -4.15. The first kappa shape index (κ1) is 33.5. The molecule has 0 rings (SSSR count). The first-order chi connectivity index (χ1) is 16.2. The van der Waals surface area contributed by atoms with Crippen molar-refractivity contribution in [3.8, 4) is 0 Å². The third kappa shape index (κ3) is 11.1. The lowest BCUT2D eigenvalue weighted by atomic mass is 10.1. The van der Waals surface area contributed by atoms with Gasteiger partial charge in [0, 0.05) is 34.9 Å². The lowest BCUT2D eigenvalue weighted by molar-refractivity contribution is -0.149. The number of carbonyl (C=O) groups is 1. The summed E-state index contributed by atoms with van der Waals surface area (Å²) in [4.78, 5) is 12.5. The molecule has 0 radical (unpaired) electrons. The Morgan fingerprint density at radius 3 is 1.47 bits per heavy atom. The van der Waals surface area contributed by atoms with Crippen molar-refractivity contribution in [3.05, 3.63) is 12.2 Å². The number of rotatable bonds is 22. The molecule has 0 atom stereocenters. The standard InChI is InChI=1S/C24H48O8P2/c1-7-8-9-10-11-12-13-14-15-16-17-18-19-20-21-22-23(25)32-24(2,33(26,28-3)29-4)34(27,30-5)31-6/h14-15H,7-13,16-22H2,1-6H3/b15-14-. The number of carbonyl (C=O) groups excluding carboxylic acids is 1. The van der Waals surface area contributed by atoms with E-state index in [2.05, 4.69) is 19.1 Å². The van der Waals surface area contributed by atoms with E-state index in [9.17, 15) is 13.9 Å². The van der Waals surface area contributed by atoms with Gasteiger partial charge in [-0.25, -0.2) is 0 Å². The summed E-state index contributed by atoms with van der Waals surface area (Å²) in [5.41, 5.74) is 0. The Kier molecular flexibility index (Phi) is 18.5. The van der Waals surface area contributed by atoms with Crippen LogP contribution in [0.5, 0.6) is 0 Å². The molecule has 0 aliphatic heterocycles. The van der Waals surface area contributed by atoms with Crippen molar-refractivity contribution in [3.63, 3.8) is 0 Å². The molecule has 0 aliphatic rings. The van der Waals surface area contributed by atoms with Gasteiger partial charge in [-0.1, -0.05) is 70.4 Å². The predicted octanol–water partition coefficient (Wildman–Crippen LogP) is 8.21. The van der Waals surface area contributed by atoms with Gasteiger partial charge in [0.1, 0.15) is 0 Å². The third-order valence-corrected chi connectivity index (χ3v) is 11.5. The van der Waals surface area contributed by atoms with E-state index >= 15 is 0 Å². The second-order valence-corrected chi connectivity index (χ2v) is 14.0. The van der Waals surface area contributed by atoms with Gasteiger partial charge in [0.2, 0.25) is 0 Å². The van der Waals surface area contributed by atoms with Crippen molar-refractivity contribution >= 4 is 21.2 Å². The van der Waals surface area contributed by atoms with Crippen LogP contribution in [0.2, 0.25) is 0 Å². The number of unbranched alkanes of at least 4 members (excludes halogenated alkanes) is 11. The van der Waals surface area contributed by atoms with Crippen LogP contribution in [0, 0.1) is 0 Å². The van der Waals surface area contributed by atoms with Gasteiger partial charge in [-0.3, -0.25) is 13.9 Å². The molecule has 0 heterocycles. The molecule has 0 fully saturated rings. The molecule has 0 aromatic carbocycles. The largest absolute Gasteiger partial charge is 0.433 e. The molecule has 0 spiro atoms. The van der Waals surface area contributed by atoms with Gasteiger partial charge in [0.25, 0.3) is 0 Å². The molecular formula is C24H48O8P2. The summed E-state index contributed by atoms with van der Waals surface area (Å²) >= 11 is 0. The molecule has 0 amide bonds. The molecule has 34 heavy (non-hydrogen) atoms. The van der Waals surface area contributed by atoms with Crippen LogP contribution >= 0.6 is 15.2 Å². The normalized spacial score (nSPS) is 13.0. The van der Waals surface area contributed by atoms with Crippen LogP contribution in [-0.2, 0) is 36.8 Å². The highest BCUT2D eigenvalue weighted by molar-refractivity contribution is 7.73. The van der Waals surface area contributed by atoms with Crippen molar-refractivity contribution < 1.29 is 36.8 Å². The van der Waals surface area contributed by atoms with E-state index in [0.717, 1.165) is 60.5 Å². The Bertz CT molecular complexity index is 623. The summed E-state index contributed by atoms with van der Waals surface area (Å²) in [5, 5.41) is -2.22. The maximum absolute atomic E-state index is 13.0. The van der Waals surface area contributed by atoms with Gasteiger partial charge in [-0.05, 0) is 39.0 Å². The van der Waals surface area contributed by atoms with E-state index in [1.165, 1.54) is 51.9 Å². The van der Waals surface area contributed by atoms with E-state index in [1.807, 2.05) is 0 Å². The third-order valence-electron chi connectivity index (χ3n) is 5.93. The summed E-state index contributed by atoms with van der Waals surface area (Å²) in [6.07, 6.45) is 19.6. The molecule has 0 bridgehead atoms. The minimum Gasteiger partial charge on any atom is -0.433 e. The topological polar surface area (TPSA) is 97.4 Å². The molecule has 0 aliphatic carbocycles. The SMILES string of the molecule is CCCCCCCC/C=C\CCCCCCCC(=O)OC(C)(P(=O)(OC)OC)P(=O)(OC)OC. The number of allylic oxidation sites excluding steroid dienone is 2. The van der Waals surface area contributed by atoms with Crippen LogP contribution in [0.15, 0.2) is 12.2 Å². The maximum Gasteiger partial charge on any atom is 0.385 e. The lowest BCUT2D eigenvalue weighted by Gasteiger charge is -2.37. The minimum absolute atomic E-state index is 0.0919. The molecule has 8 nitrogen and oxygen atoms in total. The van der Waals surface area contributed by atoms with Crippen molar-refractivity contribution in [1.82, 2.24) is 0 Å². The fourth-order valence-corrected chi connectivity index (χ4v) is 7.96. The smallest absolute Gasteiger partial charge is 0.385 e. The zero-order valence-electron chi connectivity index (χ0n) is 22.2. The maximum atomic E-state index is 13.0. The summed E-state index contributed by atoms with van der Waals surface area (Å²) in [5.74, 6) is -0.663. The van der Waals surface area contributed by atoms with Crippen LogP contribution in [0.1, 0.15) is 104 Å². The summed E-state index contributed by atoms with van der Waals surface area (Å²) in [6.45, 7) is 3.43. The number of hydrogen-bond acceptors (Lipinski definition) is 8. The highest BCUT2D eigenvalue weighted by Crippen LogP contribution is 2.77. The molecule has 0 aromatic heterocycles. The molecule has 0 aromatic rings. The highest BCUT2D eigenvalue weighted by Gasteiger charge is 2.64.